The zero-order valence-corrected chi connectivity index (χ0v) is 27.9. The van der Waals surface area contributed by atoms with E-state index in [4.69, 9.17) is 25.3 Å². The summed E-state index contributed by atoms with van der Waals surface area (Å²) in [5, 5.41) is 27.6. The summed E-state index contributed by atoms with van der Waals surface area (Å²) in [7, 11) is -0.429. The van der Waals surface area contributed by atoms with E-state index in [-0.39, 0.29) is 44.4 Å². The zero-order valence-electron chi connectivity index (χ0n) is 22.9. The van der Waals surface area contributed by atoms with Crippen molar-refractivity contribution in [3.05, 3.63) is 121 Å². The Morgan fingerprint density at radius 1 is 0.690 bits per heavy atom. The molecule has 0 saturated heterocycles. The van der Waals surface area contributed by atoms with Crippen LogP contribution in [0.25, 0.3) is 0 Å². The molecule has 1 heterocycles. The fourth-order valence-electron chi connectivity index (χ4n) is 4.15. The predicted molar refractivity (Wildman–Crippen MR) is 176 cm³/mol. The molecule has 4 rings (SSSR count). The van der Waals surface area contributed by atoms with Crippen LogP contribution < -0.4 is 43.5 Å². The van der Waals surface area contributed by atoms with E-state index in [1.54, 1.807) is 26.4 Å². The van der Waals surface area contributed by atoms with E-state index >= 15 is 0 Å². The summed E-state index contributed by atoms with van der Waals surface area (Å²) >= 11 is 10.8. The number of hydrogen-bond acceptors (Lipinski definition) is 7. The second-order valence-electron chi connectivity index (χ2n) is 8.58. The van der Waals surface area contributed by atoms with E-state index in [1.165, 1.54) is 15.9 Å². The van der Waals surface area contributed by atoms with Crippen molar-refractivity contribution in [2.45, 2.75) is 6.92 Å². The van der Waals surface area contributed by atoms with Crippen LogP contribution >= 0.6 is 7.26 Å². The Morgan fingerprint density at radius 3 is 1.60 bits per heavy atom. The Labute approximate surface area is 280 Å². The van der Waals surface area contributed by atoms with Crippen molar-refractivity contribution >= 4 is 70.2 Å². The number of halogens is 1. The van der Waals surface area contributed by atoms with Gasteiger partial charge in [0.1, 0.15) is 35.2 Å². The Hall–Kier alpha value is -3.04. The van der Waals surface area contributed by atoms with Crippen molar-refractivity contribution in [3.63, 3.8) is 0 Å². The first-order valence-electron chi connectivity index (χ1n) is 12.5. The number of pyridine rings is 1. The molecule has 0 aliphatic heterocycles. The summed E-state index contributed by atoms with van der Waals surface area (Å²) in [6, 6.07) is 35.4. The number of nitrogens with zero attached hydrogens (tertiary/aromatic N) is 5. The van der Waals surface area contributed by atoms with Crippen molar-refractivity contribution in [1.82, 2.24) is 15.6 Å². The number of rotatable bonds is 9. The van der Waals surface area contributed by atoms with E-state index < -0.39 is 7.26 Å². The van der Waals surface area contributed by atoms with Gasteiger partial charge in [0, 0.05) is 30.2 Å². The normalized spacial score (nSPS) is 12.5. The molecule has 219 valence electrons. The number of aromatic nitrogens is 1. The second kappa shape index (κ2) is 17.8. The van der Waals surface area contributed by atoms with Crippen LogP contribution in [0, 0.1) is 0 Å². The Bertz CT molecular complexity index is 1410. The third-order valence-electron chi connectivity index (χ3n) is 6.10. The molecule has 0 unspecified atom stereocenters. The first-order chi connectivity index (χ1) is 19.5. The number of benzene rings is 3. The molecule has 1 aromatic heterocycles. The van der Waals surface area contributed by atoms with Gasteiger partial charge in [0.2, 0.25) is 0 Å². The van der Waals surface area contributed by atoms with Crippen LogP contribution in [0.4, 0.5) is 0 Å². The summed E-state index contributed by atoms with van der Waals surface area (Å²) in [5.74, 6) is 0. The van der Waals surface area contributed by atoms with Crippen LogP contribution in [-0.4, -0.2) is 40.1 Å². The van der Waals surface area contributed by atoms with Crippen LogP contribution in [0.2, 0.25) is 0 Å². The predicted octanol–water partition coefficient (Wildman–Crippen LogP) is 0.730. The molecule has 0 saturated carbocycles. The maximum atomic E-state index is 5.65. The molecule has 42 heavy (non-hydrogen) atoms. The molecule has 4 aromatic rings. The molecule has 0 bridgehead atoms. The molecule has 0 spiro atoms. The monoisotopic (exact) mass is 724 g/mol. The van der Waals surface area contributed by atoms with Gasteiger partial charge in [-0.3, -0.25) is 4.98 Å². The summed E-state index contributed by atoms with van der Waals surface area (Å²) in [5.41, 5.74) is 1.84. The minimum atomic E-state index is -2.12. The van der Waals surface area contributed by atoms with Crippen LogP contribution in [0.3, 0.4) is 0 Å². The Balaban J connectivity index is 0.00000308. The fraction of sp³-hybridized carbons (Fsp3) is 0.100. The van der Waals surface area contributed by atoms with E-state index in [9.17, 15) is 0 Å². The van der Waals surface area contributed by atoms with Crippen LogP contribution in [0.15, 0.2) is 136 Å². The molecule has 12 heteroatoms. The van der Waals surface area contributed by atoms with E-state index in [1.807, 2.05) is 30.3 Å². The van der Waals surface area contributed by atoms with Gasteiger partial charge in [-0.2, -0.15) is 15.3 Å². The molecular weight excluding hydrogens is 697 g/mol. The van der Waals surface area contributed by atoms with Gasteiger partial charge in [-0.15, -0.1) is 5.10 Å². The van der Waals surface area contributed by atoms with Crippen molar-refractivity contribution < 1.29 is 34.1 Å². The average Bonchev–Trinajstić information content (AvgIpc) is 3.02. The Morgan fingerprint density at radius 2 is 1.14 bits per heavy atom. The largest absolute Gasteiger partial charge is 2.00 e. The number of hydrogen-bond donors (Lipinski definition) is 2. The van der Waals surface area contributed by atoms with Gasteiger partial charge in [0.25, 0.3) is 0 Å². The van der Waals surface area contributed by atoms with Gasteiger partial charge < -0.3 is 52.9 Å². The quantitative estimate of drug-likeness (QED) is 0.0665. The molecule has 2 N–H and O–H groups in total. The smallest absolute Gasteiger partial charge is 1.00 e. The second-order valence-corrected chi connectivity index (χ2v) is 12.8. The maximum absolute atomic E-state index is 5.65. The number of nitrogens with one attached hydrogen (secondary N) is 2. The topological polar surface area (TPSA) is 86.4 Å². The van der Waals surface area contributed by atoms with Crippen LogP contribution in [-0.2, 0) is 42.3 Å². The summed E-state index contributed by atoms with van der Waals surface area (Å²) in [4.78, 5) is 4.08. The van der Waals surface area contributed by atoms with E-state index in [0.717, 1.165) is 5.56 Å². The first kappa shape index (κ1) is 35.2. The van der Waals surface area contributed by atoms with Crippen LogP contribution in [0.1, 0.15) is 12.5 Å². The SMILES string of the molecule is CNC([S-])=NN=C(C(C)=NN=C([S-])NC[P+](c1ccccc1)(c1ccccc1)c1ccccc1)c1ccncc1.[Br-].[Cu+2]. The molecule has 0 amide bonds. The van der Waals surface area contributed by atoms with Gasteiger partial charge >= 0.3 is 17.1 Å². The van der Waals surface area contributed by atoms with Gasteiger partial charge in [0.05, 0.1) is 5.71 Å². The number of amidine groups is 2. The molecular formula is C30H29BrCuN7PS2. The fourth-order valence-corrected chi connectivity index (χ4v) is 8.29. The molecule has 0 fully saturated rings. The maximum Gasteiger partial charge on any atom is 2.00 e. The van der Waals surface area contributed by atoms with Gasteiger partial charge in [-0.05, 0) is 60.6 Å². The minimum Gasteiger partial charge on any atom is -1.00 e. The summed E-state index contributed by atoms with van der Waals surface area (Å²) < 4.78 is 0. The molecule has 0 aliphatic rings. The molecule has 7 nitrogen and oxygen atoms in total. The minimum absolute atomic E-state index is 0. The zero-order chi connectivity index (χ0) is 28.2. The van der Waals surface area contributed by atoms with E-state index in [0.29, 0.717) is 17.7 Å². The van der Waals surface area contributed by atoms with Gasteiger partial charge in [-0.1, -0.05) is 54.6 Å². The van der Waals surface area contributed by atoms with Crippen molar-refractivity contribution in [1.29, 1.82) is 0 Å². The third kappa shape index (κ3) is 8.98. The van der Waals surface area contributed by atoms with Crippen molar-refractivity contribution in [2.24, 2.45) is 20.4 Å². The average molecular weight is 726 g/mol. The summed E-state index contributed by atoms with van der Waals surface area (Å²) in [6.07, 6.45) is 3.94. The Kier molecular flexibility index (Phi) is 14.9. The molecule has 0 atom stereocenters. The standard InChI is InChI=1S/C30H30N7PS2.BrH.Cu/c1-23(28(35-36-29(39)31-2)24-18-20-32-21-19-24)34-37-30(40)33-22-38(25-12-6-3-7-13-25,26-14-8-4-9-15-26)27-16-10-5-11-17-27;;/h3-21H,22H2,1-2H3,(H3-,31,32,33,34,35,36,37,39,40);1H;/q;;+2/p-2. The summed E-state index contributed by atoms with van der Waals surface area (Å²) in [6.45, 7) is 1.80. The van der Waals surface area contributed by atoms with Crippen LogP contribution in [0.5, 0.6) is 0 Å². The van der Waals surface area contributed by atoms with Gasteiger partial charge in [0.15, 0.2) is 0 Å². The first-order valence-corrected chi connectivity index (χ1v) is 15.3. The molecule has 0 aliphatic carbocycles. The molecule has 3 aromatic carbocycles. The van der Waals surface area contributed by atoms with Gasteiger partial charge in [-0.25, -0.2) is 0 Å². The van der Waals surface area contributed by atoms with Crippen molar-refractivity contribution in [3.8, 4) is 0 Å². The molecule has 1 radical (unpaired) electrons. The van der Waals surface area contributed by atoms with Crippen molar-refractivity contribution in [2.75, 3.05) is 13.3 Å². The van der Waals surface area contributed by atoms with E-state index in [2.05, 4.69) is 109 Å². The third-order valence-corrected chi connectivity index (χ3v) is 10.8.